The van der Waals surface area contributed by atoms with Gasteiger partial charge in [-0.05, 0) is 35.9 Å². The van der Waals surface area contributed by atoms with Crippen LogP contribution in [-0.4, -0.2) is 24.6 Å². The number of anilines is 1. The highest BCUT2D eigenvalue weighted by molar-refractivity contribution is 6.05. The van der Waals surface area contributed by atoms with Gasteiger partial charge in [-0.3, -0.25) is 13.9 Å². The number of rotatable bonds is 4. The molecule has 0 aliphatic rings. The molecule has 7 heteroatoms. The van der Waals surface area contributed by atoms with Crippen LogP contribution >= 0.6 is 0 Å². The number of imidazole rings is 2. The largest absolute Gasteiger partial charge is 0.333 e. The molecule has 7 nitrogen and oxygen atoms in total. The van der Waals surface area contributed by atoms with Crippen molar-refractivity contribution in [2.75, 3.05) is 5.32 Å². The zero-order valence-corrected chi connectivity index (χ0v) is 15.1. The minimum absolute atomic E-state index is 0.0954. The number of hydrogen-bond acceptors (Lipinski definition) is 3. The van der Waals surface area contributed by atoms with Gasteiger partial charge in [0.15, 0.2) is 0 Å². The molecule has 0 unspecified atom stereocenters. The second-order valence-corrected chi connectivity index (χ2v) is 6.49. The maximum atomic E-state index is 12.5. The minimum atomic E-state index is -0.190. The Morgan fingerprint density at radius 2 is 1.78 bits per heavy atom. The number of aryl methyl sites for hydroxylation is 2. The normalized spacial score (nSPS) is 11.0. The molecule has 4 rings (SSSR count). The first kappa shape index (κ1) is 16.8. The molecule has 0 aliphatic carbocycles. The smallest absolute Gasteiger partial charge is 0.328 e. The number of nitrogens with one attached hydrogen (secondary N) is 1. The van der Waals surface area contributed by atoms with Crippen LogP contribution in [0.2, 0.25) is 0 Å². The third-order valence-corrected chi connectivity index (χ3v) is 4.67. The first-order valence-corrected chi connectivity index (χ1v) is 8.54. The number of hydrogen-bond donors (Lipinski definition) is 1. The van der Waals surface area contributed by atoms with E-state index in [1.54, 1.807) is 54.0 Å². The van der Waals surface area contributed by atoms with Crippen LogP contribution in [0.4, 0.5) is 5.69 Å². The van der Waals surface area contributed by atoms with Gasteiger partial charge in [0, 0.05) is 44.3 Å². The Morgan fingerprint density at radius 1 is 1.04 bits per heavy atom. The van der Waals surface area contributed by atoms with Gasteiger partial charge in [-0.15, -0.1) is 0 Å². The van der Waals surface area contributed by atoms with E-state index in [-0.39, 0.29) is 11.6 Å². The van der Waals surface area contributed by atoms with E-state index in [4.69, 9.17) is 0 Å². The first-order chi connectivity index (χ1) is 13.0. The van der Waals surface area contributed by atoms with Gasteiger partial charge in [0.2, 0.25) is 0 Å². The second kappa shape index (κ2) is 6.60. The summed E-state index contributed by atoms with van der Waals surface area (Å²) < 4.78 is 5.12. The average Bonchev–Trinajstić information content (AvgIpc) is 3.26. The molecule has 1 amide bonds. The van der Waals surface area contributed by atoms with Gasteiger partial charge < -0.3 is 9.88 Å². The summed E-state index contributed by atoms with van der Waals surface area (Å²) in [7, 11) is 3.45. The number of fused-ring (bicyclic) bond motifs is 1. The van der Waals surface area contributed by atoms with Crippen LogP contribution in [0.25, 0.3) is 11.0 Å². The average molecular weight is 361 g/mol. The molecule has 0 radical (unpaired) electrons. The minimum Gasteiger partial charge on any atom is -0.333 e. The molecule has 0 fully saturated rings. The number of aromatic nitrogens is 4. The van der Waals surface area contributed by atoms with Gasteiger partial charge in [0.1, 0.15) is 0 Å². The summed E-state index contributed by atoms with van der Waals surface area (Å²) in [5.41, 5.74) is 3.81. The molecule has 1 N–H and O–H groups in total. The van der Waals surface area contributed by atoms with Crippen molar-refractivity contribution in [2.45, 2.75) is 6.54 Å². The number of carbonyl (C=O) groups is 1. The van der Waals surface area contributed by atoms with Crippen molar-refractivity contribution in [2.24, 2.45) is 14.1 Å². The summed E-state index contributed by atoms with van der Waals surface area (Å²) in [6.07, 6.45) is 5.39. The third kappa shape index (κ3) is 3.15. The molecule has 0 spiro atoms. The lowest BCUT2D eigenvalue weighted by atomic mass is 10.1. The fraction of sp³-hybridized carbons (Fsp3) is 0.150. The maximum absolute atomic E-state index is 12.5. The topological polar surface area (TPSA) is 73.8 Å². The predicted molar refractivity (Wildman–Crippen MR) is 104 cm³/mol. The number of carbonyl (C=O) groups excluding carboxylic acids is 1. The highest BCUT2D eigenvalue weighted by atomic mass is 16.2. The van der Waals surface area contributed by atoms with E-state index in [1.807, 2.05) is 35.0 Å². The van der Waals surface area contributed by atoms with E-state index >= 15 is 0 Å². The highest BCUT2D eigenvalue weighted by Gasteiger charge is 2.11. The zero-order chi connectivity index (χ0) is 19.0. The van der Waals surface area contributed by atoms with Crippen LogP contribution in [0, 0.1) is 0 Å². The number of amides is 1. The third-order valence-electron chi connectivity index (χ3n) is 4.67. The highest BCUT2D eigenvalue weighted by Crippen LogP contribution is 2.18. The Balaban J connectivity index is 1.52. The fourth-order valence-electron chi connectivity index (χ4n) is 3.14. The summed E-state index contributed by atoms with van der Waals surface area (Å²) in [6.45, 7) is 0.709. The van der Waals surface area contributed by atoms with Gasteiger partial charge in [0.25, 0.3) is 5.91 Å². The van der Waals surface area contributed by atoms with Gasteiger partial charge in [-0.2, -0.15) is 0 Å². The first-order valence-electron chi connectivity index (χ1n) is 8.54. The molecule has 136 valence electrons. The Labute approximate surface area is 155 Å². The zero-order valence-electron chi connectivity index (χ0n) is 15.1. The van der Waals surface area contributed by atoms with E-state index in [2.05, 4.69) is 10.3 Å². The maximum Gasteiger partial charge on any atom is 0.328 e. The van der Waals surface area contributed by atoms with Crippen LogP contribution in [0.1, 0.15) is 15.9 Å². The van der Waals surface area contributed by atoms with E-state index in [0.29, 0.717) is 17.8 Å². The van der Waals surface area contributed by atoms with Crippen molar-refractivity contribution in [1.29, 1.82) is 0 Å². The van der Waals surface area contributed by atoms with E-state index < -0.39 is 0 Å². The van der Waals surface area contributed by atoms with Gasteiger partial charge >= 0.3 is 5.69 Å². The summed E-state index contributed by atoms with van der Waals surface area (Å²) in [4.78, 5) is 28.6. The van der Waals surface area contributed by atoms with Crippen molar-refractivity contribution < 1.29 is 4.79 Å². The Morgan fingerprint density at radius 3 is 2.48 bits per heavy atom. The van der Waals surface area contributed by atoms with Crippen molar-refractivity contribution in [3.63, 3.8) is 0 Å². The fourth-order valence-corrected chi connectivity index (χ4v) is 3.14. The van der Waals surface area contributed by atoms with Crippen molar-refractivity contribution in [3.8, 4) is 0 Å². The monoisotopic (exact) mass is 361 g/mol. The lowest BCUT2D eigenvalue weighted by Gasteiger charge is -2.07. The molecule has 2 aromatic heterocycles. The van der Waals surface area contributed by atoms with Crippen LogP contribution in [0.15, 0.2) is 66.0 Å². The molecule has 2 aromatic carbocycles. The number of benzene rings is 2. The molecule has 4 aromatic rings. The molecule has 0 saturated heterocycles. The quantitative estimate of drug-likeness (QED) is 0.606. The van der Waals surface area contributed by atoms with E-state index in [1.165, 1.54) is 0 Å². The SMILES string of the molecule is Cn1c(=O)n(C)c2cc(NC(=O)c3ccc(Cn4ccnc4)cc3)ccc21. The van der Waals surface area contributed by atoms with E-state index in [9.17, 15) is 9.59 Å². The predicted octanol–water partition coefficient (Wildman–Crippen LogP) is 2.37. The van der Waals surface area contributed by atoms with Crippen molar-refractivity contribution in [1.82, 2.24) is 18.7 Å². The van der Waals surface area contributed by atoms with Crippen LogP contribution in [0.3, 0.4) is 0 Å². The summed E-state index contributed by atoms with van der Waals surface area (Å²) >= 11 is 0. The molecule has 0 atom stereocenters. The Hall–Kier alpha value is -3.61. The van der Waals surface area contributed by atoms with E-state index in [0.717, 1.165) is 16.6 Å². The van der Waals surface area contributed by atoms with Gasteiger partial charge in [-0.1, -0.05) is 12.1 Å². The number of nitrogens with zero attached hydrogens (tertiary/aromatic N) is 4. The van der Waals surface area contributed by atoms with Crippen molar-refractivity contribution in [3.05, 3.63) is 82.8 Å². The summed E-state index contributed by atoms with van der Waals surface area (Å²) in [5.74, 6) is -0.190. The molecular formula is C20H19N5O2. The second-order valence-electron chi connectivity index (χ2n) is 6.49. The lowest BCUT2D eigenvalue weighted by molar-refractivity contribution is 0.102. The molecular weight excluding hydrogens is 342 g/mol. The Bertz CT molecular complexity index is 1170. The van der Waals surface area contributed by atoms with Gasteiger partial charge in [-0.25, -0.2) is 9.78 Å². The van der Waals surface area contributed by atoms with Gasteiger partial charge in [0.05, 0.1) is 17.4 Å². The van der Waals surface area contributed by atoms with Crippen LogP contribution < -0.4 is 11.0 Å². The molecule has 2 heterocycles. The summed E-state index contributed by atoms with van der Waals surface area (Å²) in [6, 6.07) is 12.9. The Kier molecular flexibility index (Phi) is 4.12. The van der Waals surface area contributed by atoms with Crippen LogP contribution in [-0.2, 0) is 20.6 Å². The molecule has 0 aliphatic heterocycles. The van der Waals surface area contributed by atoms with Crippen molar-refractivity contribution >= 4 is 22.6 Å². The molecule has 27 heavy (non-hydrogen) atoms. The molecule has 0 saturated carbocycles. The molecule has 0 bridgehead atoms. The lowest BCUT2D eigenvalue weighted by Crippen LogP contribution is -2.19. The summed E-state index contributed by atoms with van der Waals surface area (Å²) in [5, 5.41) is 2.89. The standard InChI is InChI=1S/C20H19N5O2/c1-23-17-8-7-16(11-18(17)24(2)20(23)27)22-19(26)15-5-3-14(4-6-15)12-25-10-9-21-13-25/h3-11,13H,12H2,1-2H3,(H,22,26). The van der Waals surface area contributed by atoms with Crippen LogP contribution in [0.5, 0.6) is 0 Å².